The van der Waals surface area contributed by atoms with Gasteiger partial charge in [0, 0.05) is 5.70 Å². The van der Waals surface area contributed by atoms with Crippen LogP contribution >= 0.6 is 50.9 Å². The number of ether oxygens (including phenoxy) is 3. The highest BCUT2D eigenvalue weighted by atomic mass is 79.9. The molecule has 2 heterocycles. The van der Waals surface area contributed by atoms with E-state index in [-0.39, 0.29) is 6.61 Å². The van der Waals surface area contributed by atoms with Crippen molar-refractivity contribution in [1.29, 1.82) is 0 Å². The number of aromatic nitrogens is 3. The van der Waals surface area contributed by atoms with Gasteiger partial charge >= 0.3 is 5.97 Å². The fraction of sp³-hybridized carbons (Fsp3) is 0.393. The first kappa shape index (κ1) is 30.6. The third-order valence-corrected chi connectivity index (χ3v) is 8.12. The number of anilines is 1. The maximum atomic E-state index is 13.4. The lowest BCUT2D eigenvalue weighted by Crippen LogP contribution is -2.30. The molecule has 1 unspecified atom stereocenters. The third-order valence-electron chi connectivity index (χ3n) is 6.07. The molecule has 1 N–H and O–H groups in total. The van der Waals surface area contributed by atoms with Gasteiger partial charge in [0.15, 0.2) is 11.5 Å². The summed E-state index contributed by atoms with van der Waals surface area (Å²) in [6.45, 7) is 8.85. The summed E-state index contributed by atoms with van der Waals surface area (Å²) < 4.78 is 20.2. The topological polar surface area (TPSA) is 87.5 Å². The van der Waals surface area contributed by atoms with Crippen LogP contribution in [0.4, 0.5) is 5.95 Å². The van der Waals surface area contributed by atoms with Crippen LogP contribution in [0.15, 0.2) is 51.2 Å². The third kappa shape index (κ3) is 6.90. The maximum absolute atomic E-state index is 13.4. The molecular weight excluding hydrogens is 639 g/mol. The molecule has 0 aliphatic carbocycles. The second kappa shape index (κ2) is 14.0. The van der Waals surface area contributed by atoms with E-state index >= 15 is 0 Å². The Morgan fingerprint density at radius 2 is 1.95 bits per heavy atom. The number of carbonyl (C=O) groups excluding carboxylic acids is 1. The number of esters is 1. The number of thioether (sulfide) groups is 1. The smallest absolute Gasteiger partial charge is 0.338 e. The van der Waals surface area contributed by atoms with E-state index in [4.69, 9.17) is 42.5 Å². The number of nitrogens with zero attached hydrogens (tertiary/aromatic N) is 3. The normalized spacial score (nSPS) is 14.5. The number of rotatable bonds is 12. The number of benzene rings is 2. The summed E-state index contributed by atoms with van der Waals surface area (Å²) in [5.41, 5.74) is 2.74. The van der Waals surface area contributed by atoms with Gasteiger partial charge in [0.25, 0.3) is 0 Å². The van der Waals surface area contributed by atoms with Crippen LogP contribution in [0.3, 0.4) is 0 Å². The van der Waals surface area contributed by atoms with Gasteiger partial charge in [-0.15, -0.1) is 5.10 Å². The largest absolute Gasteiger partial charge is 0.490 e. The molecule has 0 fully saturated rings. The number of unbranched alkanes of at least 4 members (excludes halogenated alkanes) is 1. The SMILES string of the molecule is CCCCOC(=O)C1=C(C)Nc2nc(SCC)nn2C1c1cc(Br)c(OCc2ccc(Cl)c(Cl)c2)c(OCC)c1. The molecular formula is C28H31BrCl2N4O4S. The Labute approximate surface area is 256 Å². The highest BCUT2D eigenvalue weighted by Gasteiger charge is 2.36. The molecule has 1 atom stereocenters. The number of hydrogen-bond donors (Lipinski definition) is 1. The summed E-state index contributed by atoms with van der Waals surface area (Å²) in [7, 11) is 0. The zero-order chi connectivity index (χ0) is 28.8. The van der Waals surface area contributed by atoms with E-state index in [1.165, 1.54) is 11.8 Å². The standard InChI is InChI=1S/C28H31BrCl2N4O4S/c1-5-8-11-38-26(36)23-16(4)32-27-33-28(40-7-3)34-35(27)24(23)18-13-19(29)25(22(14-18)37-6-2)39-15-17-9-10-20(30)21(31)12-17/h9-10,12-14,24H,5-8,11,15H2,1-4H3,(H,32,33,34). The summed E-state index contributed by atoms with van der Waals surface area (Å²) in [5, 5.41) is 9.53. The van der Waals surface area contributed by atoms with Gasteiger partial charge in [-0.3, -0.25) is 0 Å². The molecule has 0 spiro atoms. The average Bonchev–Trinajstić information content (AvgIpc) is 3.31. The van der Waals surface area contributed by atoms with Crippen molar-refractivity contribution in [2.24, 2.45) is 0 Å². The van der Waals surface area contributed by atoms with Crippen LogP contribution in [0.1, 0.15) is 57.7 Å². The minimum absolute atomic E-state index is 0.251. The lowest BCUT2D eigenvalue weighted by Gasteiger charge is -2.29. The van der Waals surface area contributed by atoms with Gasteiger partial charge in [0.2, 0.25) is 11.1 Å². The summed E-state index contributed by atoms with van der Waals surface area (Å²) in [5.74, 6) is 2.02. The van der Waals surface area contributed by atoms with Crippen LogP contribution in [0.25, 0.3) is 0 Å². The van der Waals surface area contributed by atoms with E-state index in [0.717, 1.165) is 29.7 Å². The van der Waals surface area contributed by atoms with Crippen LogP contribution in [0, 0.1) is 0 Å². The number of nitrogens with one attached hydrogen (secondary N) is 1. The van der Waals surface area contributed by atoms with Gasteiger partial charge in [0.05, 0.1) is 33.3 Å². The minimum atomic E-state index is -0.594. The van der Waals surface area contributed by atoms with Crippen LogP contribution < -0.4 is 14.8 Å². The molecule has 8 nitrogen and oxygen atoms in total. The number of fused-ring (bicyclic) bond motifs is 1. The minimum Gasteiger partial charge on any atom is -0.490 e. The van der Waals surface area contributed by atoms with E-state index in [2.05, 4.69) is 33.2 Å². The van der Waals surface area contributed by atoms with Crippen molar-refractivity contribution in [1.82, 2.24) is 14.8 Å². The quantitative estimate of drug-likeness (QED) is 0.118. The van der Waals surface area contributed by atoms with Crippen molar-refractivity contribution in [2.45, 2.75) is 58.3 Å². The van der Waals surface area contributed by atoms with Crippen LogP contribution in [-0.2, 0) is 16.1 Å². The first-order valence-corrected chi connectivity index (χ1v) is 15.6. The predicted molar refractivity (Wildman–Crippen MR) is 163 cm³/mol. The fourth-order valence-corrected chi connectivity index (χ4v) is 5.66. The van der Waals surface area contributed by atoms with Crippen molar-refractivity contribution >= 4 is 62.8 Å². The zero-order valence-electron chi connectivity index (χ0n) is 22.7. The Bertz CT molecular complexity index is 1420. The second-order valence-corrected chi connectivity index (χ2v) is 11.9. The highest BCUT2D eigenvalue weighted by molar-refractivity contribution is 9.10. The molecule has 0 radical (unpaired) electrons. The van der Waals surface area contributed by atoms with Crippen molar-refractivity contribution < 1.29 is 19.0 Å². The van der Waals surface area contributed by atoms with Crippen molar-refractivity contribution in [3.05, 3.63) is 67.2 Å². The highest BCUT2D eigenvalue weighted by Crippen LogP contribution is 2.43. The van der Waals surface area contributed by atoms with E-state index in [9.17, 15) is 4.79 Å². The zero-order valence-corrected chi connectivity index (χ0v) is 26.6. The monoisotopic (exact) mass is 668 g/mol. The summed E-state index contributed by atoms with van der Waals surface area (Å²) >= 11 is 17.5. The van der Waals surface area contributed by atoms with Crippen molar-refractivity contribution in [2.75, 3.05) is 24.3 Å². The van der Waals surface area contributed by atoms with E-state index in [1.54, 1.807) is 16.8 Å². The van der Waals surface area contributed by atoms with Gasteiger partial charge in [-0.2, -0.15) is 4.98 Å². The average molecular weight is 670 g/mol. The van der Waals surface area contributed by atoms with Crippen LogP contribution in [-0.4, -0.2) is 39.7 Å². The molecule has 3 aromatic rings. The molecule has 1 aromatic heterocycles. The fourth-order valence-electron chi connectivity index (χ4n) is 4.21. The van der Waals surface area contributed by atoms with Crippen LogP contribution in [0.5, 0.6) is 11.5 Å². The lowest BCUT2D eigenvalue weighted by atomic mass is 9.95. The lowest BCUT2D eigenvalue weighted by molar-refractivity contribution is -0.139. The Hall–Kier alpha value is -2.40. The molecule has 214 valence electrons. The number of allylic oxidation sites excluding steroid dienone is 1. The molecule has 40 heavy (non-hydrogen) atoms. The van der Waals surface area contributed by atoms with E-state index in [0.29, 0.717) is 61.6 Å². The molecule has 0 amide bonds. The first-order valence-electron chi connectivity index (χ1n) is 13.0. The van der Waals surface area contributed by atoms with Gasteiger partial charge in [-0.25, -0.2) is 9.48 Å². The Morgan fingerprint density at radius 1 is 1.15 bits per heavy atom. The first-order chi connectivity index (χ1) is 19.3. The number of hydrogen-bond acceptors (Lipinski definition) is 8. The Balaban J connectivity index is 1.75. The molecule has 12 heteroatoms. The van der Waals surface area contributed by atoms with Gasteiger partial charge in [-0.05, 0) is 77.3 Å². The van der Waals surface area contributed by atoms with Crippen LogP contribution in [0.2, 0.25) is 10.0 Å². The molecule has 0 saturated carbocycles. The van der Waals surface area contributed by atoms with Gasteiger partial charge < -0.3 is 19.5 Å². The van der Waals surface area contributed by atoms with E-state index in [1.807, 2.05) is 39.0 Å². The molecule has 1 aliphatic heterocycles. The predicted octanol–water partition coefficient (Wildman–Crippen LogP) is 8.07. The number of halogens is 3. The van der Waals surface area contributed by atoms with E-state index < -0.39 is 12.0 Å². The Morgan fingerprint density at radius 3 is 2.65 bits per heavy atom. The van der Waals surface area contributed by atoms with Crippen molar-refractivity contribution in [3.8, 4) is 11.5 Å². The molecule has 0 bridgehead atoms. The van der Waals surface area contributed by atoms with Crippen molar-refractivity contribution in [3.63, 3.8) is 0 Å². The van der Waals surface area contributed by atoms with Gasteiger partial charge in [-0.1, -0.05) is 61.3 Å². The summed E-state index contributed by atoms with van der Waals surface area (Å²) in [6, 6.07) is 8.55. The molecule has 0 saturated heterocycles. The molecule has 2 aromatic carbocycles. The maximum Gasteiger partial charge on any atom is 0.338 e. The summed E-state index contributed by atoms with van der Waals surface area (Å²) in [6.07, 6.45) is 1.71. The molecule has 4 rings (SSSR count). The van der Waals surface area contributed by atoms with Gasteiger partial charge in [0.1, 0.15) is 12.6 Å². The summed E-state index contributed by atoms with van der Waals surface area (Å²) in [4.78, 5) is 18.0. The number of carbonyl (C=O) groups is 1. The second-order valence-electron chi connectivity index (χ2n) is 8.95. The Kier molecular flexibility index (Phi) is 10.7. The molecule has 1 aliphatic rings.